The van der Waals surface area contributed by atoms with Crippen molar-refractivity contribution in [1.29, 1.82) is 0 Å². The van der Waals surface area contributed by atoms with E-state index in [1.807, 2.05) is 54.6 Å². The van der Waals surface area contributed by atoms with Crippen molar-refractivity contribution >= 4 is 41.1 Å². The number of nitro groups is 1. The first-order chi connectivity index (χ1) is 16.6. The van der Waals surface area contributed by atoms with Crippen LogP contribution in [0.3, 0.4) is 0 Å². The van der Waals surface area contributed by atoms with Crippen molar-refractivity contribution in [3.8, 4) is 5.75 Å². The molecule has 4 rings (SSSR count). The number of nitrogens with zero attached hydrogens (tertiary/aromatic N) is 5. The zero-order valence-corrected chi connectivity index (χ0v) is 18.0. The number of rotatable bonds is 9. The Hall–Kier alpha value is -5.06. The number of nitro benzene ring substituents is 1. The molecule has 0 saturated carbocycles. The van der Waals surface area contributed by atoms with Gasteiger partial charge in [-0.15, -0.1) is 0 Å². The predicted octanol–water partition coefficient (Wildman–Crippen LogP) is 4.72. The van der Waals surface area contributed by atoms with Crippen molar-refractivity contribution in [3.05, 3.63) is 94.5 Å². The van der Waals surface area contributed by atoms with Gasteiger partial charge >= 0.3 is 0 Å². The van der Waals surface area contributed by atoms with E-state index in [-0.39, 0.29) is 17.6 Å². The minimum Gasteiger partial charge on any atom is -0.497 e. The summed E-state index contributed by atoms with van der Waals surface area (Å²) in [4.78, 5) is 23.6. The summed E-state index contributed by atoms with van der Waals surface area (Å²) in [6.45, 7) is 0. The first-order valence-corrected chi connectivity index (χ1v) is 10.1. The molecule has 0 fully saturated rings. The molecule has 0 radical (unpaired) electrons. The van der Waals surface area contributed by atoms with Gasteiger partial charge in [0.1, 0.15) is 5.75 Å². The maximum Gasteiger partial charge on any atom is 0.270 e. The first kappa shape index (κ1) is 22.1. The van der Waals surface area contributed by atoms with E-state index in [0.717, 1.165) is 17.1 Å². The summed E-state index contributed by atoms with van der Waals surface area (Å²) in [7, 11) is 1.60. The summed E-state index contributed by atoms with van der Waals surface area (Å²) in [5.74, 6) is 1.48. The van der Waals surface area contributed by atoms with Crippen LogP contribution in [0, 0.1) is 10.1 Å². The Morgan fingerprint density at radius 1 is 0.853 bits per heavy atom. The number of hydrazone groups is 1. The highest BCUT2D eigenvalue weighted by molar-refractivity contribution is 5.81. The molecule has 0 spiro atoms. The number of aromatic nitrogens is 3. The molecule has 11 heteroatoms. The third-order valence-corrected chi connectivity index (χ3v) is 4.47. The summed E-state index contributed by atoms with van der Waals surface area (Å²) in [5, 5.41) is 21.3. The van der Waals surface area contributed by atoms with Gasteiger partial charge in [-0.25, -0.2) is 5.43 Å². The zero-order valence-electron chi connectivity index (χ0n) is 18.0. The van der Waals surface area contributed by atoms with E-state index in [1.165, 1.54) is 18.3 Å². The number of benzene rings is 3. The van der Waals surface area contributed by atoms with Gasteiger partial charge in [-0.1, -0.05) is 30.3 Å². The lowest BCUT2D eigenvalue weighted by atomic mass is 10.2. The number of anilines is 5. The highest BCUT2D eigenvalue weighted by Crippen LogP contribution is 2.21. The fraction of sp³-hybridized carbons (Fsp3) is 0.0435. The van der Waals surface area contributed by atoms with E-state index in [0.29, 0.717) is 11.5 Å². The summed E-state index contributed by atoms with van der Waals surface area (Å²) in [5.41, 5.74) is 4.83. The van der Waals surface area contributed by atoms with Crippen LogP contribution in [0.2, 0.25) is 0 Å². The minimum atomic E-state index is -0.463. The normalized spacial score (nSPS) is 10.6. The van der Waals surface area contributed by atoms with Gasteiger partial charge in [0.05, 0.1) is 18.2 Å². The average molecular weight is 456 g/mol. The molecule has 34 heavy (non-hydrogen) atoms. The van der Waals surface area contributed by atoms with Gasteiger partial charge in [0, 0.05) is 29.1 Å². The van der Waals surface area contributed by atoms with Crippen molar-refractivity contribution < 1.29 is 9.66 Å². The molecule has 1 heterocycles. The van der Waals surface area contributed by atoms with Crippen LogP contribution in [0.1, 0.15) is 5.56 Å². The molecule has 3 N–H and O–H groups in total. The maximum absolute atomic E-state index is 11.0. The van der Waals surface area contributed by atoms with Gasteiger partial charge in [-0.05, 0) is 36.4 Å². The van der Waals surface area contributed by atoms with Crippen LogP contribution in [0.25, 0.3) is 0 Å². The molecule has 0 unspecified atom stereocenters. The lowest BCUT2D eigenvalue weighted by Gasteiger charge is -2.10. The largest absolute Gasteiger partial charge is 0.497 e. The Labute approximate surface area is 194 Å². The van der Waals surface area contributed by atoms with Crippen LogP contribution in [-0.4, -0.2) is 33.2 Å². The summed E-state index contributed by atoms with van der Waals surface area (Å²) >= 11 is 0. The molecule has 4 aromatic rings. The van der Waals surface area contributed by atoms with Crippen molar-refractivity contribution in [2.24, 2.45) is 5.10 Å². The van der Waals surface area contributed by atoms with Crippen molar-refractivity contribution in [2.75, 3.05) is 23.2 Å². The third kappa shape index (κ3) is 6.01. The van der Waals surface area contributed by atoms with Crippen LogP contribution in [-0.2, 0) is 0 Å². The van der Waals surface area contributed by atoms with Crippen LogP contribution >= 0.6 is 0 Å². The smallest absolute Gasteiger partial charge is 0.270 e. The van der Waals surface area contributed by atoms with Gasteiger partial charge in [0.2, 0.25) is 17.8 Å². The van der Waals surface area contributed by atoms with Crippen LogP contribution < -0.4 is 20.8 Å². The van der Waals surface area contributed by atoms with Crippen LogP contribution in [0.5, 0.6) is 5.75 Å². The fourth-order valence-electron chi connectivity index (χ4n) is 2.87. The minimum absolute atomic E-state index is 0.0237. The SMILES string of the molecule is COc1ccc(Nc2nc(NN=Cc3cccc([N+](=O)[O-])c3)nc(Nc3ccccc3)n2)cc1. The zero-order chi connectivity index (χ0) is 23.8. The maximum atomic E-state index is 11.0. The Bertz CT molecular complexity index is 1300. The van der Waals surface area contributed by atoms with Crippen molar-refractivity contribution in [3.63, 3.8) is 0 Å². The van der Waals surface area contributed by atoms with Crippen LogP contribution in [0.4, 0.5) is 34.9 Å². The van der Waals surface area contributed by atoms with Gasteiger partial charge in [-0.2, -0.15) is 20.1 Å². The summed E-state index contributed by atoms with van der Waals surface area (Å²) in [6, 6.07) is 22.9. The molecule has 3 aromatic carbocycles. The van der Waals surface area contributed by atoms with Gasteiger partial charge in [0.25, 0.3) is 5.69 Å². The van der Waals surface area contributed by atoms with E-state index in [1.54, 1.807) is 19.2 Å². The number of para-hydroxylation sites is 1. The second kappa shape index (κ2) is 10.5. The highest BCUT2D eigenvalue weighted by atomic mass is 16.6. The molecular weight excluding hydrogens is 436 g/mol. The first-order valence-electron chi connectivity index (χ1n) is 10.1. The Morgan fingerprint density at radius 2 is 1.50 bits per heavy atom. The van der Waals surface area contributed by atoms with Gasteiger partial charge < -0.3 is 15.4 Å². The van der Waals surface area contributed by atoms with E-state index >= 15 is 0 Å². The molecule has 11 nitrogen and oxygen atoms in total. The van der Waals surface area contributed by atoms with E-state index in [4.69, 9.17) is 4.74 Å². The van der Waals surface area contributed by atoms with E-state index in [9.17, 15) is 10.1 Å². The number of methoxy groups -OCH3 is 1. The van der Waals surface area contributed by atoms with Gasteiger partial charge in [-0.3, -0.25) is 10.1 Å². The Kier molecular flexibility index (Phi) is 6.84. The van der Waals surface area contributed by atoms with Crippen molar-refractivity contribution in [1.82, 2.24) is 15.0 Å². The number of nitrogens with one attached hydrogen (secondary N) is 3. The van der Waals surface area contributed by atoms with E-state index < -0.39 is 4.92 Å². The second-order valence-electron chi connectivity index (χ2n) is 6.87. The third-order valence-electron chi connectivity index (χ3n) is 4.47. The van der Waals surface area contributed by atoms with Crippen molar-refractivity contribution in [2.45, 2.75) is 0 Å². The number of hydrogen-bond acceptors (Lipinski definition) is 10. The molecule has 0 aliphatic heterocycles. The summed E-state index contributed by atoms with van der Waals surface area (Å²) < 4.78 is 5.18. The monoisotopic (exact) mass is 456 g/mol. The molecular formula is C23H20N8O3. The van der Waals surface area contributed by atoms with Crippen LogP contribution in [0.15, 0.2) is 84.0 Å². The highest BCUT2D eigenvalue weighted by Gasteiger charge is 2.08. The molecule has 0 saturated heterocycles. The standard InChI is InChI=1S/C23H20N8O3/c1-34-20-12-10-18(11-13-20)26-22-27-21(25-17-7-3-2-4-8-17)28-23(29-22)30-24-15-16-6-5-9-19(14-16)31(32)33/h2-15H,1H3,(H3,25,26,27,28,29,30). The molecule has 0 bridgehead atoms. The quantitative estimate of drug-likeness (QED) is 0.185. The lowest BCUT2D eigenvalue weighted by Crippen LogP contribution is -2.07. The molecule has 0 aliphatic carbocycles. The summed E-state index contributed by atoms with van der Waals surface area (Å²) in [6.07, 6.45) is 1.44. The average Bonchev–Trinajstić information content (AvgIpc) is 2.85. The molecule has 1 aromatic heterocycles. The molecule has 0 atom stereocenters. The lowest BCUT2D eigenvalue weighted by molar-refractivity contribution is -0.384. The van der Waals surface area contributed by atoms with Gasteiger partial charge in [0.15, 0.2) is 0 Å². The second-order valence-corrected chi connectivity index (χ2v) is 6.87. The van der Waals surface area contributed by atoms with E-state index in [2.05, 4.69) is 36.1 Å². The Balaban J connectivity index is 1.56. The molecule has 0 aliphatic rings. The molecule has 0 amide bonds. The number of hydrogen-bond donors (Lipinski definition) is 3. The number of ether oxygens (including phenoxy) is 1. The number of non-ortho nitro benzene ring substituents is 1. The fourth-order valence-corrected chi connectivity index (χ4v) is 2.87. The molecule has 170 valence electrons. The Morgan fingerprint density at radius 3 is 2.15 bits per heavy atom. The predicted molar refractivity (Wildman–Crippen MR) is 130 cm³/mol. The topological polar surface area (TPSA) is 139 Å².